The van der Waals surface area contributed by atoms with Gasteiger partial charge in [-0.1, -0.05) is 23.1 Å². The van der Waals surface area contributed by atoms with Crippen LogP contribution >= 0.6 is 39.0 Å². The van der Waals surface area contributed by atoms with Crippen LogP contribution in [0.2, 0.25) is 0 Å². The SMILES string of the molecule is CN(C)c1nnc(Sc2ccc(C#N)c(Br)c2F)s1. The summed E-state index contributed by atoms with van der Waals surface area (Å²) in [5, 5.41) is 17.5. The summed E-state index contributed by atoms with van der Waals surface area (Å²) in [4.78, 5) is 2.25. The second kappa shape index (κ2) is 5.86. The van der Waals surface area contributed by atoms with Gasteiger partial charge in [0.1, 0.15) is 6.07 Å². The molecule has 0 aliphatic carbocycles. The van der Waals surface area contributed by atoms with Gasteiger partial charge in [-0.3, -0.25) is 0 Å². The maximum Gasteiger partial charge on any atom is 0.208 e. The standard InChI is InChI=1S/C11H8BrFN4S2/c1-17(2)10-15-16-11(19-10)18-7-4-3-6(5-14)8(12)9(7)13/h3-4H,1-2H3. The third-order valence-electron chi connectivity index (χ3n) is 2.14. The number of benzene rings is 1. The molecule has 98 valence electrons. The molecule has 0 aliphatic rings. The number of rotatable bonds is 3. The van der Waals surface area contributed by atoms with E-state index in [-0.39, 0.29) is 10.0 Å². The molecule has 0 amide bonds. The normalized spacial score (nSPS) is 10.3. The van der Waals surface area contributed by atoms with Gasteiger partial charge in [0.15, 0.2) is 10.2 Å². The lowest BCUT2D eigenvalue weighted by Crippen LogP contribution is -2.07. The summed E-state index contributed by atoms with van der Waals surface area (Å²) in [5.74, 6) is -0.453. The van der Waals surface area contributed by atoms with Crippen molar-refractivity contribution in [3.05, 3.63) is 28.0 Å². The first-order valence-electron chi connectivity index (χ1n) is 5.09. The average Bonchev–Trinajstić information content (AvgIpc) is 2.84. The smallest absolute Gasteiger partial charge is 0.208 e. The number of aromatic nitrogens is 2. The summed E-state index contributed by atoms with van der Waals surface area (Å²) in [6, 6.07) is 5.06. The van der Waals surface area contributed by atoms with Crippen LogP contribution in [0, 0.1) is 17.1 Å². The first-order valence-corrected chi connectivity index (χ1v) is 7.52. The van der Waals surface area contributed by atoms with E-state index in [0.29, 0.717) is 9.24 Å². The van der Waals surface area contributed by atoms with Crippen molar-refractivity contribution < 1.29 is 4.39 Å². The molecular formula is C11H8BrFN4S2. The number of anilines is 1. The molecule has 0 saturated carbocycles. The summed E-state index contributed by atoms with van der Waals surface area (Å²) in [6.07, 6.45) is 0. The zero-order valence-corrected chi connectivity index (χ0v) is 13.2. The minimum atomic E-state index is -0.453. The molecule has 2 aromatic rings. The van der Waals surface area contributed by atoms with Gasteiger partial charge < -0.3 is 4.90 Å². The van der Waals surface area contributed by atoms with Crippen molar-refractivity contribution in [2.75, 3.05) is 19.0 Å². The predicted molar refractivity (Wildman–Crippen MR) is 77.2 cm³/mol. The van der Waals surface area contributed by atoms with E-state index in [4.69, 9.17) is 5.26 Å². The molecule has 8 heteroatoms. The van der Waals surface area contributed by atoms with Gasteiger partial charge in [-0.25, -0.2) is 4.39 Å². The van der Waals surface area contributed by atoms with Crippen molar-refractivity contribution in [2.45, 2.75) is 9.24 Å². The zero-order valence-electron chi connectivity index (χ0n) is 10.0. The first kappa shape index (κ1) is 14.2. The Labute approximate surface area is 126 Å². The Hall–Kier alpha value is -1.17. The van der Waals surface area contributed by atoms with Gasteiger partial charge in [-0.15, -0.1) is 10.2 Å². The lowest BCUT2D eigenvalue weighted by molar-refractivity contribution is 0.594. The number of hydrogen-bond donors (Lipinski definition) is 0. The molecule has 0 unspecified atom stereocenters. The van der Waals surface area contributed by atoms with Crippen molar-refractivity contribution >= 4 is 44.2 Å². The number of nitriles is 1. The average molecular weight is 359 g/mol. The molecule has 0 saturated heterocycles. The third-order valence-corrected chi connectivity index (χ3v) is 5.10. The molecule has 0 radical (unpaired) electrons. The highest BCUT2D eigenvalue weighted by molar-refractivity contribution is 9.10. The molecule has 0 aliphatic heterocycles. The summed E-state index contributed by atoms with van der Waals surface area (Å²) in [5.41, 5.74) is 0.271. The monoisotopic (exact) mass is 358 g/mol. The fraction of sp³-hybridized carbons (Fsp3) is 0.182. The van der Waals surface area contributed by atoms with Crippen LogP contribution in [0.1, 0.15) is 5.56 Å². The Bertz CT molecular complexity index is 651. The lowest BCUT2D eigenvalue weighted by atomic mass is 10.2. The molecule has 0 N–H and O–H groups in total. The van der Waals surface area contributed by atoms with Crippen LogP contribution in [-0.4, -0.2) is 24.3 Å². The second-order valence-electron chi connectivity index (χ2n) is 3.70. The number of hydrogen-bond acceptors (Lipinski definition) is 6. The largest absolute Gasteiger partial charge is 0.353 e. The summed E-state index contributed by atoms with van der Waals surface area (Å²) in [6.45, 7) is 0. The van der Waals surface area contributed by atoms with E-state index in [0.717, 1.165) is 5.13 Å². The van der Waals surface area contributed by atoms with Crippen LogP contribution in [0.3, 0.4) is 0 Å². The van der Waals surface area contributed by atoms with Crippen LogP contribution in [0.5, 0.6) is 0 Å². The van der Waals surface area contributed by atoms with E-state index < -0.39 is 5.82 Å². The van der Waals surface area contributed by atoms with Crippen LogP contribution in [0.25, 0.3) is 0 Å². The lowest BCUT2D eigenvalue weighted by Gasteiger charge is -2.04. The maximum absolute atomic E-state index is 14.0. The molecule has 0 spiro atoms. The van der Waals surface area contributed by atoms with Crippen LogP contribution in [0.15, 0.2) is 25.8 Å². The van der Waals surface area contributed by atoms with Crippen LogP contribution < -0.4 is 4.90 Å². The summed E-state index contributed by atoms with van der Waals surface area (Å²) < 4.78 is 14.9. The predicted octanol–water partition coefficient (Wildman–Crippen LogP) is 3.53. The van der Waals surface area contributed by atoms with Gasteiger partial charge in [0.05, 0.1) is 14.9 Å². The Balaban J connectivity index is 2.28. The Morgan fingerprint density at radius 3 is 2.74 bits per heavy atom. The van der Waals surface area contributed by atoms with E-state index in [1.165, 1.54) is 23.1 Å². The minimum absolute atomic E-state index is 0.178. The number of halogens is 2. The Morgan fingerprint density at radius 2 is 2.16 bits per heavy atom. The van der Waals surface area contributed by atoms with Crippen molar-refractivity contribution in [1.82, 2.24) is 10.2 Å². The van der Waals surface area contributed by atoms with Gasteiger partial charge in [-0.05, 0) is 28.1 Å². The van der Waals surface area contributed by atoms with E-state index in [1.807, 2.05) is 25.1 Å². The Morgan fingerprint density at radius 1 is 1.42 bits per heavy atom. The minimum Gasteiger partial charge on any atom is -0.353 e. The van der Waals surface area contributed by atoms with Crippen molar-refractivity contribution in [1.29, 1.82) is 5.26 Å². The van der Waals surface area contributed by atoms with E-state index in [1.54, 1.807) is 12.1 Å². The molecule has 2 rings (SSSR count). The molecular weight excluding hydrogens is 351 g/mol. The molecule has 4 nitrogen and oxygen atoms in total. The number of nitrogens with zero attached hydrogens (tertiary/aromatic N) is 4. The molecule has 0 bridgehead atoms. The molecule has 0 fully saturated rings. The second-order valence-corrected chi connectivity index (χ2v) is 6.74. The fourth-order valence-electron chi connectivity index (χ4n) is 1.22. The highest BCUT2D eigenvalue weighted by atomic mass is 79.9. The van der Waals surface area contributed by atoms with E-state index in [2.05, 4.69) is 26.1 Å². The topological polar surface area (TPSA) is 52.8 Å². The van der Waals surface area contributed by atoms with Gasteiger partial charge in [-0.2, -0.15) is 5.26 Å². The van der Waals surface area contributed by atoms with Crippen LogP contribution in [-0.2, 0) is 0 Å². The zero-order chi connectivity index (χ0) is 14.0. The quantitative estimate of drug-likeness (QED) is 0.839. The van der Waals surface area contributed by atoms with Crippen LogP contribution in [0.4, 0.5) is 9.52 Å². The molecule has 0 atom stereocenters. The van der Waals surface area contributed by atoms with Gasteiger partial charge in [0, 0.05) is 14.1 Å². The van der Waals surface area contributed by atoms with Crippen molar-refractivity contribution in [2.24, 2.45) is 0 Å². The van der Waals surface area contributed by atoms with Gasteiger partial charge in [0.2, 0.25) is 5.13 Å². The molecule has 1 aromatic heterocycles. The first-order chi connectivity index (χ1) is 9.02. The van der Waals surface area contributed by atoms with Gasteiger partial charge in [0.25, 0.3) is 0 Å². The molecule has 1 aromatic carbocycles. The fourth-order valence-corrected chi connectivity index (χ4v) is 3.54. The maximum atomic E-state index is 14.0. The Kier molecular flexibility index (Phi) is 4.39. The molecule has 19 heavy (non-hydrogen) atoms. The highest BCUT2D eigenvalue weighted by Gasteiger charge is 2.14. The van der Waals surface area contributed by atoms with E-state index in [9.17, 15) is 4.39 Å². The van der Waals surface area contributed by atoms with Crippen molar-refractivity contribution in [3.63, 3.8) is 0 Å². The van der Waals surface area contributed by atoms with E-state index >= 15 is 0 Å². The van der Waals surface area contributed by atoms with Crippen molar-refractivity contribution in [3.8, 4) is 6.07 Å². The third kappa shape index (κ3) is 3.05. The molecule has 1 heterocycles. The summed E-state index contributed by atoms with van der Waals surface area (Å²) >= 11 is 5.65. The van der Waals surface area contributed by atoms with Gasteiger partial charge >= 0.3 is 0 Å². The summed E-state index contributed by atoms with van der Waals surface area (Å²) in [7, 11) is 3.74. The highest BCUT2D eigenvalue weighted by Crippen LogP contribution is 2.36.